The van der Waals surface area contributed by atoms with Crippen LogP contribution in [0.25, 0.3) is 17.8 Å². The highest BCUT2D eigenvalue weighted by molar-refractivity contribution is 6.30. The maximum absolute atomic E-state index is 12.9. The molecule has 0 fully saturated rings. The van der Waals surface area contributed by atoms with Crippen LogP contribution < -0.4 is 10.1 Å². The second-order valence-electron chi connectivity index (χ2n) is 9.23. The Morgan fingerprint density at radius 3 is 2.30 bits per heavy atom. The van der Waals surface area contributed by atoms with E-state index in [0.717, 1.165) is 22.3 Å². The van der Waals surface area contributed by atoms with Gasteiger partial charge in [-0.2, -0.15) is 0 Å². The fourth-order valence-electron chi connectivity index (χ4n) is 4.11. The largest absolute Gasteiger partial charge is 0.489 e. The molecule has 0 aliphatic heterocycles. The number of aromatic nitrogens is 2. The molecule has 1 unspecified atom stereocenters. The number of benzene rings is 3. The molecule has 0 saturated carbocycles. The summed E-state index contributed by atoms with van der Waals surface area (Å²) in [6.07, 6.45) is 7.46. The third-order valence-electron chi connectivity index (χ3n) is 6.26. The first-order valence-corrected chi connectivity index (χ1v) is 13.0. The quantitative estimate of drug-likeness (QED) is 0.217. The van der Waals surface area contributed by atoms with Gasteiger partial charge in [-0.25, -0.2) is 9.78 Å². The van der Waals surface area contributed by atoms with Gasteiger partial charge in [-0.3, -0.25) is 4.79 Å². The van der Waals surface area contributed by atoms with Crippen molar-refractivity contribution in [1.29, 1.82) is 0 Å². The van der Waals surface area contributed by atoms with Gasteiger partial charge in [-0.1, -0.05) is 78.4 Å². The summed E-state index contributed by atoms with van der Waals surface area (Å²) in [5.41, 5.74) is 4.43. The predicted molar refractivity (Wildman–Crippen MR) is 155 cm³/mol. The third-order valence-corrected chi connectivity index (χ3v) is 6.51. The molecule has 7 nitrogen and oxygen atoms in total. The minimum atomic E-state index is -1.13. The lowest BCUT2D eigenvalue weighted by Crippen LogP contribution is -2.42. The van der Waals surface area contributed by atoms with E-state index >= 15 is 0 Å². The summed E-state index contributed by atoms with van der Waals surface area (Å²) in [6.45, 7) is 0.438. The second-order valence-corrected chi connectivity index (χ2v) is 9.66. The first-order chi connectivity index (χ1) is 19.4. The van der Waals surface area contributed by atoms with Crippen LogP contribution in [0.3, 0.4) is 0 Å². The Morgan fingerprint density at radius 2 is 1.57 bits per heavy atom. The van der Waals surface area contributed by atoms with Crippen LogP contribution in [-0.4, -0.2) is 32.4 Å². The van der Waals surface area contributed by atoms with Crippen molar-refractivity contribution in [2.75, 3.05) is 0 Å². The summed E-state index contributed by atoms with van der Waals surface area (Å²) in [4.78, 5) is 29.2. The zero-order valence-corrected chi connectivity index (χ0v) is 22.2. The number of carbonyl (C=O) groups excluding carboxylic acids is 1. The number of fused-ring (bicyclic) bond motifs is 1. The predicted octanol–water partition coefficient (Wildman–Crippen LogP) is 6.16. The number of rotatable bonds is 10. The number of nitrogens with one attached hydrogen (secondary N) is 1. The molecule has 1 amide bonds. The van der Waals surface area contributed by atoms with Gasteiger partial charge in [0.15, 0.2) is 0 Å². The van der Waals surface area contributed by atoms with E-state index in [1.54, 1.807) is 40.9 Å². The molecule has 0 aliphatic carbocycles. The number of nitrogens with zero attached hydrogens (tertiary/aromatic N) is 2. The van der Waals surface area contributed by atoms with Crippen molar-refractivity contribution in [3.05, 3.63) is 136 Å². The van der Waals surface area contributed by atoms with Crippen molar-refractivity contribution in [1.82, 2.24) is 14.7 Å². The van der Waals surface area contributed by atoms with E-state index in [0.29, 0.717) is 23.0 Å². The Hall–Kier alpha value is -4.88. The summed E-state index contributed by atoms with van der Waals surface area (Å²) in [5, 5.41) is 13.0. The molecule has 0 radical (unpaired) electrons. The summed E-state index contributed by atoms with van der Waals surface area (Å²) in [7, 11) is 0. The van der Waals surface area contributed by atoms with Gasteiger partial charge >= 0.3 is 5.97 Å². The van der Waals surface area contributed by atoms with E-state index in [1.807, 2.05) is 79.0 Å². The Balaban J connectivity index is 1.21. The zero-order valence-electron chi connectivity index (χ0n) is 21.4. The average molecular weight is 552 g/mol. The molecule has 2 aromatic heterocycles. The number of amides is 1. The van der Waals surface area contributed by atoms with Crippen molar-refractivity contribution in [3.8, 4) is 5.75 Å². The number of hydrogen-bond acceptors (Lipinski definition) is 4. The van der Waals surface area contributed by atoms with Gasteiger partial charge in [0.25, 0.3) is 5.91 Å². The van der Waals surface area contributed by atoms with E-state index in [9.17, 15) is 14.7 Å². The Morgan fingerprint density at radius 1 is 0.875 bits per heavy atom. The number of halogens is 1. The standard InChI is InChI=1S/C32H26ClN3O4/c33-26-13-8-22(9-14-26)6-7-24-12-17-30-34-29(20-36(30)19-24)31(37)35-28(32(38)39)18-23-10-15-27(16-11-23)40-21-25-4-2-1-3-5-25/h1-17,19-20,28H,18,21H2,(H,35,37)(H,38,39)/b7-6+. The van der Waals surface area contributed by atoms with Gasteiger partial charge in [-0.15, -0.1) is 0 Å². The Bertz CT molecular complexity index is 1650. The van der Waals surface area contributed by atoms with Gasteiger partial charge < -0.3 is 19.6 Å². The van der Waals surface area contributed by atoms with E-state index in [1.165, 1.54) is 0 Å². The zero-order chi connectivity index (χ0) is 27.9. The maximum atomic E-state index is 12.9. The van der Waals surface area contributed by atoms with Crippen LogP contribution in [-0.2, 0) is 17.8 Å². The molecule has 0 aliphatic rings. The minimum absolute atomic E-state index is 0.118. The van der Waals surface area contributed by atoms with E-state index < -0.39 is 17.9 Å². The lowest BCUT2D eigenvalue weighted by molar-refractivity contribution is -0.139. The molecule has 2 N–H and O–H groups in total. The third kappa shape index (κ3) is 6.95. The number of carboxylic acid groups (broad SMARTS) is 1. The van der Waals surface area contributed by atoms with Crippen LogP contribution in [0.4, 0.5) is 0 Å². The van der Waals surface area contributed by atoms with Crippen LogP contribution >= 0.6 is 11.6 Å². The molecule has 0 bridgehead atoms. The van der Waals surface area contributed by atoms with Gasteiger partial charge in [0.2, 0.25) is 0 Å². The highest BCUT2D eigenvalue weighted by atomic mass is 35.5. The maximum Gasteiger partial charge on any atom is 0.326 e. The van der Waals surface area contributed by atoms with Gasteiger partial charge in [0, 0.05) is 23.8 Å². The van der Waals surface area contributed by atoms with Crippen molar-refractivity contribution < 1.29 is 19.4 Å². The van der Waals surface area contributed by atoms with Crippen molar-refractivity contribution in [2.45, 2.75) is 19.1 Å². The molecule has 0 saturated heterocycles. The monoisotopic (exact) mass is 551 g/mol. The second kappa shape index (κ2) is 12.3. The van der Waals surface area contributed by atoms with Crippen LogP contribution in [0.5, 0.6) is 5.75 Å². The number of ether oxygens (including phenoxy) is 1. The minimum Gasteiger partial charge on any atom is -0.489 e. The van der Waals surface area contributed by atoms with E-state index in [4.69, 9.17) is 16.3 Å². The van der Waals surface area contributed by atoms with Crippen LogP contribution in [0.15, 0.2) is 103 Å². The lowest BCUT2D eigenvalue weighted by Gasteiger charge is -2.14. The molecule has 1 atom stereocenters. The van der Waals surface area contributed by atoms with Crippen molar-refractivity contribution >= 4 is 41.3 Å². The number of aliphatic carboxylic acids is 1. The first-order valence-electron chi connectivity index (χ1n) is 12.6. The first kappa shape index (κ1) is 26.7. The Labute approximate surface area is 236 Å². The van der Waals surface area contributed by atoms with Gasteiger partial charge in [-0.05, 0) is 58.7 Å². The molecule has 8 heteroatoms. The summed E-state index contributed by atoms with van der Waals surface area (Å²) >= 11 is 5.94. The molecule has 40 heavy (non-hydrogen) atoms. The van der Waals surface area contributed by atoms with E-state index in [-0.39, 0.29) is 12.1 Å². The summed E-state index contributed by atoms with van der Waals surface area (Å²) in [6, 6.07) is 27.1. The number of pyridine rings is 1. The van der Waals surface area contributed by atoms with Crippen LogP contribution in [0.2, 0.25) is 5.02 Å². The number of hydrogen-bond donors (Lipinski definition) is 2. The lowest BCUT2D eigenvalue weighted by atomic mass is 10.1. The molecule has 5 aromatic rings. The topological polar surface area (TPSA) is 92.9 Å². The molecule has 2 heterocycles. The Kier molecular flexibility index (Phi) is 8.23. The number of carbonyl (C=O) groups is 2. The molecule has 0 spiro atoms. The molecule has 200 valence electrons. The van der Waals surface area contributed by atoms with Crippen molar-refractivity contribution in [3.63, 3.8) is 0 Å². The normalized spacial score (nSPS) is 11.9. The molecule has 5 rings (SSSR count). The summed E-state index contributed by atoms with van der Waals surface area (Å²) in [5.74, 6) is -1.01. The fraction of sp³-hybridized carbons (Fsp3) is 0.0938. The van der Waals surface area contributed by atoms with Gasteiger partial charge in [0.05, 0.1) is 0 Å². The molecular formula is C32H26ClN3O4. The highest BCUT2D eigenvalue weighted by Gasteiger charge is 2.22. The summed E-state index contributed by atoms with van der Waals surface area (Å²) < 4.78 is 7.53. The van der Waals surface area contributed by atoms with Crippen LogP contribution in [0.1, 0.15) is 32.7 Å². The smallest absolute Gasteiger partial charge is 0.326 e. The van der Waals surface area contributed by atoms with Crippen molar-refractivity contribution in [2.24, 2.45) is 0 Å². The van der Waals surface area contributed by atoms with Gasteiger partial charge in [0.1, 0.15) is 29.7 Å². The SMILES string of the molecule is O=C(NC(Cc1ccc(OCc2ccccc2)cc1)C(=O)O)c1cn2cc(/C=C/c3ccc(Cl)cc3)ccc2n1. The number of imidazole rings is 1. The van der Waals surface area contributed by atoms with E-state index in [2.05, 4.69) is 10.3 Å². The fourth-order valence-corrected chi connectivity index (χ4v) is 4.24. The highest BCUT2D eigenvalue weighted by Crippen LogP contribution is 2.17. The number of carboxylic acids is 1. The molecular weight excluding hydrogens is 526 g/mol. The molecule has 3 aromatic carbocycles. The average Bonchev–Trinajstić information content (AvgIpc) is 3.40. The van der Waals surface area contributed by atoms with Crippen LogP contribution in [0, 0.1) is 0 Å².